The Bertz CT molecular complexity index is 447. The number of carbonyl (C=O) groups is 1. The molecule has 2 rings (SSSR count). The maximum Gasteiger partial charge on any atom is 0.257 e. The van der Waals surface area contributed by atoms with Crippen LogP contribution in [-0.4, -0.2) is 44.4 Å². The molecule has 1 aromatic rings. The fourth-order valence-corrected chi connectivity index (χ4v) is 2.58. The van der Waals surface area contributed by atoms with Gasteiger partial charge in [0.05, 0.1) is 29.9 Å². The van der Waals surface area contributed by atoms with Gasteiger partial charge in [0.2, 0.25) is 0 Å². The molecule has 1 N–H and O–H groups in total. The summed E-state index contributed by atoms with van der Waals surface area (Å²) in [4.78, 5) is 14.0. The van der Waals surface area contributed by atoms with Crippen molar-refractivity contribution in [3.63, 3.8) is 0 Å². The average Bonchev–Trinajstić information content (AvgIpc) is 2.66. The Morgan fingerprint density at radius 2 is 2.17 bits per heavy atom. The Labute approximate surface area is 107 Å². The van der Waals surface area contributed by atoms with Gasteiger partial charge in [0, 0.05) is 13.2 Å². The van der Waals surface area contributed by atoms with Crippen LogP contribution in [0, 0.1) is 0 Å². The Kier molecular flexibility index (Phi) is 3.43. The molecule has 5 nitrogen and oxygen atoms in total. The highest BCUT2D eigenvalue weighted by Gasteiger charge is 2.43. The van der Waals surface area contributed by atoms with E-state index in [4.69, 9.17) is 0 Å². The largest absolute Gasteiger partial charge is 0.386 e. The molecule has 0 aliphatic carbocycles. The highest BCUT2D eigenvalue weighted by molar-refractivity contribution is 5.95. The molecule has 0 aromatic carbocycles. The number of nitrogens with zero attached hydrogens (tertiary/aromatic N) is 3. The summed E-state index contributed by atoms with van der Waals surface area (Å²) in [5.74, 6) is -0.0132. The number of amides is 1. The first-order valence-corrected chi connectivity index (χ1v) is 6.53. The zero-order valence-corrected chi connectivity index (χ0v) is 11.3. The average molecular weight is 251 g/mol. The number of β-amino-alcohol motifs (C(OH)–C–C–N with tert-alkyl or cyclic N) is 1. The minimum absolute atomic E-state index is 0.0132. The second-order valence-corrected chi connectivity index (χ2v) is 5.15. The van der Waals surface area contributed by atoms with E-state index < -0.39 is 5.60 Å². The van der Waals surface area contributed by atoms with Gasteiger partial charge < -0.3 is 10.0 Å². The third-order valence-corrected chi connectivity index (χ3v) is 3.44. The predicted octanol–water partition coefficient (Wildman–Crippen LogP) is 0.970. The number of likely N-dealkylation sites (tertiary alicyclic amines) is 1. The van der Waals surface area contributed by atoms with Crippen LogP contribution < -0.4 is 0 Å². The second kappa shape index (κ2) is 4.72. The van der Waals surface area contributed by atoms with Crippen molar-refractivity contribution in [2.45, 2.75) is 38.7 Å². The fourth-order valence-electron chi connectivity index (χ4n) is 2.58. The van der Waals surface area contributed by atoms with Crippen molar-refractivity contribution >= 4 is 5.91 Å². The second-order valence-electron chi connectivity index (χ2n) is 5.15. The van der Waals surface area contributed by atoms with Gasteiger partial charge in [0.1, 0.15) is 0 Å². The number of aryl methyl sites for hydroxylation is 2. The monoisotopic (exact) mass is 251 g/mol. The predicted molar refractivity (Wildman–Crippen MR) is 68.3 cm³/mol. The first kappa shape index (κ1) is 13.1. The highest BCUT2D eigenvalue weighted by atomic mass is 16.3. The number of aromatic nitrogens is 2. The summed E-state index contributed by atoms with van der Waals surface area (Å²) in [6, 6.07) is 0. The molecule has 2 heterocycles. The van der Waals surface area contributed by atoms with Crippen LogP contribution in [0.2, 0.25) is 0 Å². The Morgan fingerprint density at radius 1 is 1.50 bits per heavy atom. The minimum Gasteiger partial charge on any atom is -0.386 e. The Hall–Kier alpha value is -1.36. The van der Waals surface area contributed by atoms with E-state index in [1.807, 2.05) is 20.9 Å². The lowest BCUT2D eigenvalue weighted by Crippen LogP contribution is -2.63. The van der Waals surface area contributed by atoms with E-state index in [9.17, 15) is 9.90 Å². The summed E-state index contributed by atoms with van der Waals surface area (Å²) in [6.07, 6.45) is 4.20. The van der Waals surface area contributed by atoms with Crippen molar-refractivity contribution < 1.29 is 9.90 Å². The van der Waals surface area contributed by atoms with E-state index in [0.29, 0.717) is 18.7 Å². The molecule has 1 amide bonds. The quantitative estimate of drug-likeness (QED) is 0.867. The third-order valence-electron chi connectivity index (χ3n) is 3.44. The fraction of sp³-hybridized carbons (Fsp3) is 0.692. The lowest BCUT2D eigenvalue weighted by molar-refractivity contribution is -0.0860. The van der Waals surface area contributed by atoms with Gasteiger partial charge in [-0.2, -0.15) is 5.10 Å². The molecule has 1 saturated heterocycles. The number of hydrogen-bond donors (Lipinski definition) is 1. The summed E-state index contributed by atoms with van der Waals surface area (Å²) in [7, 11) is 1.82. The van der Waals surface area contributed by atoms with Crippen molar-refractivity contribution in [3.8, 4) is 0 Å². The molecule has 1 fully saturated rings. The van der Waals surface area contributed by atoms with Gasteiger partial charge in [-0.25, -0.2) is 0 Å². The van der Waals surface area contributed by atoms with Crippen molar-refractivity contribution in [1.82, 2.24) is 14.7 Å². The number of hydrogen-bond acceptors (Lipinski definition) is 3. The summed E-state index contributed by atoms with van der Waals surface area (Å²) in [5.41, 5.74) is 0.825. The van der Waals surface area contributed by atoms with Crippen LogP contribution in [0.5, 0.6) is 0 Å². The van der Waals surface area contributed by atoms with Crippen molar-refractivity contribution in [2.24, 2.45) is 7.05 Å². The summed E-state index contributed by atoms with van der Waals surface area (Å²) in [5, 5.41) is 14.4. The van der Waals surface area contributed by atoms with Crippen LogP contribution in [-0.2, 0) is 13.5 Å². The van der Waals surface area contributed by atoms with Gasteiger partial charge >= 0.3 is 0 Å². The molecule has 0 spiro atoms. The molecular formula is C13H21N3O2. The van der Waals surface area contributed by atoms with E-state index in [-0.39, 0.29) is 5.91 Å². The summed E-state index contributed by atoms with van der Waals surface area (Å²) >= 11 is 0. The van der Waals surface area contributed by atoms with Crippen LogP contribution in [0.4, 0.5) is 0 Å². The minimum atomic E-state index is -0.668. The molecular weight excluding hydrogens is 230 g/mol. The molecule has 5 heteroatoms. The van der Waals surface area contributed by atoms with Crippen molar-refractivity contribution in [2.75, 3.05) is 13.1 Å². The normalized spacial score (nSPS) is 17.7. The van der Waals surface area contributed by atoms with Gasteiger partial charge in [0.25, 0.3) is 5.91 Å². The van der Waals surface area contributed by atoms with E-state index in [1.165, 1.54) is 0 Å². The zero-order valence-electron chi connectivity index (χ0n) is 11.3. The van der Waals surface area contributed by atoms with Gasteiger partial charge in [-0.05, 0) is 12.8 Å². The lowest BCUT2D eigenvalue weighted by Gasteiger charge is -2.46. The summed E-state index contributed by atoms with van der Waals surface area (Å²) in [6.45, 7) is 4.91. The Morgan fingerprint density at radius 3 is 2.72 bits per heavy atom. The maximum atomic E-state index is 12.3. The Balaban J connectivity index is 2.05. The molecule has 0 saturated carbocycles. The van der Waals surface area contributed by atoms with E-state index in [0.717, 1.165) is 25.0 Å². The molecule has 1 aliphatic heterocycles. The van der Waals surface area contributed by atoms with Gasteiger partial charge in [0.15, 0.2) is 0 Å². The molecule has 0 bridgehead atoms. The van der Waals surface area contributed by atoms with Crippen LogP contribution >= 0.6 is 0 Å². The van der Waals surface area contributed by atoms with Gasteiger partial charge in [-0.1, -0.05) is 20.3 Å². The van der Waals surface area contributed by atoms with Gasteiger partial charge in [-0.15, -0.1) is 0 Å². The zero-order chi connectivity index (χ0) is 13.3. The molecule has 1 aliphatic rings. The summed E-state index contributed by atoms with van der Waals surface area (Å²) < 4.78 is 1.67. The first-order chi connectivity index (χ1) is 8.49. The molecule has 1 aromatic heterocycles. The van der Waals surface area contributed by atoms with Crippen LogP contribution in [0.3, 0.4) is 0 Å². The molecule has 100 valence electrons. The number of carbonyl (C=O) groups excluding carboxylic acids is 1. The SMILES string of the molecule is CCCC1(O)CN(C(=O)c2cn(C)nc2CC)C1. The number of aliphatic hydroxyl groups is 1. The first-order valence-electron chi connectivity index (χ1n) is 6.53. The molecule has 0 radical (unpaired) electrons. The van der Waals surface area contributed by atoms with Gasteiger partial charge in [-0.3, -0.25) is 9.48 Å². The van der Waals surface area contributed by atoms with E-state index >= 15 is 0 Å². The molecule has 18 heavy (non-hydrogen) atoms. The maximum absolute atomic E-state index is 12.3. The molecule has 0 unspecified atom stereocenters. The van der Waals surface area contributed by atoms with Crippen molar-refractivity contribution in [3.05, 3.63) is 17.5 Å². The standard InChI is InChI=1S/C13H21N3O2/c1-4-6-13(18)8-16(9-13)12(17)10-7-15(3)14-11(10)5-2/h7,18H,4-6,8-9H2,1-3H3. The van der Waals surface area contributed by atoms with Crippen LogP contribution in [0.25, 0.3) is 0 Å². The van der Waals surface area contributed by atoms with Crippen LogP contribution in [0.15, 0.2) is 6.20 Å². The van der Waals surface area contributed by atoms with Crippen LogP contribution in [0.1, 0.15) is 42.7 Å². The lowest BCUT2D eigenvalue weighted by atomic mass is 9.89. The highest BCUT2D eigenvalue weighted by Crippen LogP contribution is 2.27. The smallest absolute Gasteiger partial charge is 0.257 e. The van der Waals surface area contributed by atoms with E-state index in [2.05, 4.69) is 5.10 Å². The van der Waals surface area contributed by atoms with Crippen molar-refractivity contribution in [1.29, 1.82) is 0 Å². The van der Waals surface area contributed by atoms with E-state index in [1.54, 1.807) is 15.8 Å². The third kappa shape index (κ3) is 2.27. The topological polar surface area (TPSA) is 58.4 Å². The number of rotatable bonds is 4. The molecule has 0 atom stereocenters.